The van der Waals surface area contributed by atoms with E-state index in [4.69, 9.17) is 9.47 Å². The largest absolute Gasteiger partial charge is 0.448 e. The van der Waals surface area contributed by atoms with Crippen LogP contribution in [-0.2, 0) is 36.9 Å². The van der Waals surface area contributed by atoms with Crippen LogP contribution in [0.2, 0.25) is 0 Å². The fourth-order valence-corrected chi connectivity index (χ4v) is 6.87. The second kappa shape index (κ2) is 11.8. The minimum absolute atomic E-state index is 0.0510. The SMILES string of the molecule is CC(C)(C)OC(=O)N[C@@H]1C(=O)N2C(C(=O)OC(c3ccccc3)c3ccccc3)=C(C[n+]3ccc4n3CCC(=O)N4)CS[C@H]12. The molecular weight excluding hydrogens is 582 g/mol. The first-order chi connectivity index (χ1) is 21.1. The summed E-state index contributed by atoms with van der Waals surface area (Å²) in [5, 5.41) is 5.04. The summed E-state index contributed by atoms with van der Waals surface area (Å²) in [7, 11) is 0. The third kappa shape index (κ3) is 5.94. The van der Waals surface area contributed by atoms with Crippen molar-refractivity contribution < 1.29 is 33.3 Å². The van der Waals surface area contributed by atoms with Crippen molar-refractivity contribution in [2.75, 3.05) is 11.1 Å². The second-order valence-corrected chi connectivity index (χ2v) is 12.9. The molecule has 0 aliphatic carbocycles. The van der Waals surface area contributed by atoms with E-state index < -0.39 is 41.1 Å². The highest BCUT2D eigenvalue weighted by Gasteiger charge is 2.55. The highest BCUT2D eigenvalue weighted by Crippen LogP contribution is 2.42. The smallest absolute Gasteiger partial charge is 0.408 e. The summed E-state index contributed by atoms with van der Waals surface area (Å²) in [6.07, 6.45) is 0.781. The number of nitrogens with one attached hydrogen (secondary N) is 2. The van der Waals surface area contributed by atoms with Gasteiger partial charge in [0, 0.05) is 11.3 Å². The van der Waals surface area contributed by atoms with Gasteiger partial charge in [0.25, 0.3) is 5.91 Å². The Kier molecular flexibility index (Phi) is 7.93. The number of benzene rings is 2. The molecule has 44 heavy (non-hydrogen) atoms. The average molecular weight is 617 g/mol. The van der Waals surface area contributed by atoms with Crippen LogP contribution in [0.15, 0.2) is 84.2 Å². The molecular formula is C32H34N5O6S+. The number of thioether (sulfide) groups is 1. The number of amides is 3. The predicted octanol–water partition coefficient (Wildman–Crippen LogP) is 3.51. The number of rotatable bonds is 7. The Labute approximate surface area is 259 Å². The number of esters is 1. The Balaban J connectivity index is 1.33. The standard InChI is InChI=1S/C32H33N5O6S/c1-32(2,3)43-31(41)34-25-28(39)37-26(30(40)42-27(20-10-6-4-7-11-20)21-12-8-5-9-13-21)22(19-44-29(25)37)18-35-16-14-23-33-24(38)15-17-36(23)35/h4-14,16,25,27,29H,15,17-19H2,1-3H3,(H,34,41)/p+1/t25-,29-/m1/s1. The van der Waals surface area contributed by atoms with Gasteiger partial charge in [-0.2, -0.15) is 0 Å². The summed E-state index contributed by atoms with van der Waals surface area (Å²) in [5.74, 6) is -0.00607. The molecule has 0 bridgehead atoms. The number of hydrogen-bond acceptors (Lipinski definition) is 7. The van der Waals surface area contributed by atoms with Gasteiger partial charge in [-0.15, -0.1) is 21.1 Å². The van der Waals surface area contributed by atoms with Crippen molar-refractivity contribution in [1.29, 1.82) is 0 Å². The minimum atomic E-state index is -0.845. The van der Waals surface area contributed by atoms with Crippen LogP contribution < -0.4 is 15.3 Å². The van der Waals surface area contributed by atoms with Crippen molar-refractivity contribution in [3.05, 3.63) is 95.3 Å². The molecule has 6 rings (SSSR count). The molecule has 0 radical (unpaired) electrons. The number of carbonyl (C=O) groups excluding carboxylic acids is 4. The summed E-state index contributed by atoms with van der Waals surface area (Å²) in [6.45, 7) is 6.04. The average Bonchev–Trinajstić information content (AvgIpc) is 3.39. The molecule has 12 heteroatoms. The van der Waals surface area contributed by atoms with E-state index in [-0.39, 0.29) is 11.6 Å². The van der Waals surface area contributed by atoms with Gasteiger partial charge >= 0.3 is 12.1 Å². The van der Waals surface area contributed by atoms with Crippen molar-refractivity contribution in [1.82, 2.24) is 14.9 Å². The lowest BCUT2D eigenvalue weighted by Gasteiger charge is -2.49. The Morgan fingerprint density at radius 1 is 1.05 bits per heavy atom. The second-order valence-electron chi connectivity index (χ2n) is 11.8. The molecule has 0 unspecified atom stereocenters. The molecule has 228 valence electrons. The van der Waals surface area contributed by atoms with E-state index in [1.165, 1.54) is 16.7 Å². The number of aromatic nitrogens is 2. The van der Waals surface area contributed by atoms with Gasteiger partial charge in [0.05, 0.1) is 19.0 Å². The van der Waals surface area contributed by atoms with Crippen LogP contribution >= 0.6 is 11.8 Å². The van der Waals surface area contributed by atoms with E-state index in [0.717, 1.165) is 11.1 Å². The van der Waals surface area contributed by atoms with Crippen LogP contribution in [0.1, 0.15) is 44.4 Å². The molecule has 0 spiro atoms. The Bertz CT molecular complexity index is 1590. The van der Waals surface area contributed by atoms with Crippen molar-refractivity contribution >= 4 is 41.5 Å². The van der Waals surface area contributed by atoms with Crippen LogP contribution in [0, 0.1) is 0 Å². The van der Waals surface area contributed by atoms with Crippen LogP contribution in [0.3, 0.4) is 0 Å². The summed E-state index contributed by atoms with van der Waals surface area (Å²) < 4.78 is 15.5. The van der Waals surface area contributed by atoms with E-state index in [2.05, 4.69) is 10.6 Å². The van der Waals surface area contributed by atoms with E-state index in [0.29, 0.717) is 36.7 Å². The molecule has 2 N–H and O–H groups in total. The van der Waals surface area contributed by atoms with Gasteiger partial charge < -0.3 is 20.1 Å². The summed E-state index contributed by atoms with van der Waals surface area (Å²) in [6, 6.07) is 19.9. The maximum atomic E-state index is 14.2. The summed E-state index contributed by atoms with van der Waals surface area (Å²) in [4.78, 5) is 53.7. The zero-order chi connectivity index (χ0) is 31.0. The topological polar surface area (TPSA) is 123 Å². The fourth-order valence-electron chi connectivity index (χ4n) is 5.54. The lowest BCUT2D eigenvalue weighted by atomic mass is 10.0. The predicted molar refractivity (Wildman–Crippen MR) is 162 cm³/mol. The minimum Gasteiger partial charge on any atom is -0.448 e. The fraction of sp³-hybridized carbons (Fsp3) is 0.344. The van der Waals surface area contributed by atoms with Gasteiger partial charge in [0.15, 0.2) is 24.7 Å². The number of nitrogens with zero attached hydrogens (tertiary/aromatic N) is 3. The van der Waals surface area contributed by atoms with E-state index in [1.807, 2.05) is 82.3 Å². The Hall–Kier alpha value is -4.58. The molecule has 4 heterocycles. The van der Waals surface area contributed by atoms with Crippen LogP contribution in [0.25, 0.3) is 0 Å². The lowest BCUT2D eigenvalue weighted by Crippen LogP contribution is -2.71. The number of fused-ring (bicyclic) bond motifs is 2. The summed E-state index contributed by atoms with van der Waals surface area (Å²) in [5.41, 5.74) is 1.72. The number of alkyl carbamates (subject to hydrolysis) is 1. The molecule has 3 aliphatic heterocycles. The van der Waals surface area contributed by atoms with Crippen LogP contribution in [-0.4, -0.2) is 56.2 Å². The first-order valence-corrected chi connectivity index (χ1v) is 15.5. The Morgan fingerprint density at radius 3 is 2.34 bits per heavy atom. The van der Waals surface area contributed by atoms with Gasteiger partial charge in [-0.25, -0.2) is 9.59 Å². The molecule has 11 nitrogen and oxygen atoms in total. The van der Waals surface area contributed by atoms with Crippen LogP contribution in [0.4, 0.5) is 10.6 Å². The maximum absolute atomic E-state index is 14.2. The molecule has 1 saturated heterocycles. The normalized spacial score (nSPS) is 19.5. The first-order valence-electron chi connectivity index (χ1n) is 14.5. The highest BCUT2D eigenvalue weighted by atomic mass is 32.2. The molecule has 1 fully saturated rings. The molecule has 0 saturated carbocycles. The quantitative estimate of drug-likeness (QED) is 0.237. The van der Waals surface area contributed by atoms with Gasteiger partial charge in [0.1, 0.15) is 22.7 Å². The number of β-lactam (4-membered cyclic amide) rings is 1. The van der Waals surface area contributed by atoms with Gasteiger partial charge in [-0.05, 0) is 31.9 Å². The number of ether oxygens (including phenoxy) is 2. The molecule has 3 amide bonds. The van der Waals surface area contributed by atoms with Gasteiger partial charge in [-0.3, -0.25) is 14.5 Å². The summed E-state index contributed by atoms with van der Waals surface area (Å²) >= 11 is 1.46. The van der Waals surface area contributed by atoms with E-state index >= 15 is 0 Å². The molecule has 2 atom stereocenters. The third-order valence-corrected chi connectivity index (χ3v) is 8.85. The maximum Gasteiger partial charge on any atom is 0.408 e. The Morgan fingerprint density at radius 2 is 1.70 bits per heavy atom. The van der Waals surface area contributed by atoms with E-state index in [1.54, 1.807) is 20.8 Å². The number of carbonyl (C=O) groups is 4. The number of hydrogen-bond donors (Lipinski definition) is 2. The van der Waals surface area contributed by atoms with Crippen molar-refractivity contribution in [2.24, 2.45) is 0 Å². The van der Waals surface area contributed by atoms with Gasteiger partial charge in [-0.1, -0.05) is 60.7 Å². The highest BCUT2D eigenvalue weighted by molar-refractivity contribution is 8.00. The van der Waals surface area contributed by atoms with Crippen molar-refractivity contribution in [3.8, 4) is 0 Å². The monoisotopic (exact) mass is 616 g/mol. The third-order valence-electron chi connectivity index (χ3n) is 7.51. The molecule has 2 aromatic carbocycles. The lowest BCUT2D eigenvalue weighted by molar-refractivity contribution is -0.767. The van der Waals surface area contributed by atoms with Gasteiger partial charge in [0.2, 0.25) is 5.91 Å². The zero-order valence-corrected chi connectivity index (χ0v) is 25.5. The number of anilines is 1. The molecule has 1 aromatic heterocycles. The van der Waals surface area contributed by atoms with Crippen LogP contribution in [0.5, 0.6) is 0 Å². The zero-order valence-electron chi connectivity index (χ0n) is 24.7. The molecule has 3 aromatic rings. The molecule has 3 aliphatic rings. The van der Waals surface area contributed by atoms with E-state index in [9.17, 15) is 19.2 Å². The van der Waals surface area contributed by atoms with Crippen molar-refractivity contribution in [2.45, 2.75) is 63.4 Å². The van der Waals surface area contributed by atoms with Crippen molar-refractivity contribution in [3.63, 3.8) is 0 Å². The first kappa shape index (κ1) is 29.5.